The van der Waals surface area contributed by atoms with Crippen LogP contribution in [-0.2, 0) is 0 Å². The second-order valence-electron chi connectivity index (χ2n) is 3.75. The van der Waals surface area contributed by atoms with E-state index in [-0.39, 0.29) is 11.4 Å². The minimum atomic E-state index is -4.77. The van der Waals surface area contributed by atoms with Crippen molar-refractivity contribution in [2.24, 2.45) is 0 Å². The number of rotatable bonds is 3. The summed E-state index contributed by atoms with van der Waals surface area (Å²) in [6.45, 7) is 0. The highest BCUT2D eigenvalue weighted by Gasteiger charge is 2.32. The molecule has 0 amide bonds. The predicted octanol–water partition coefficient (Wildman–Crippen LogP) is 4.07. The van der Waals surface area contributed by atoms with Crippen molar-refractivity contribution in [3.8, 4) is 5.75 Å². The maximum absolute atomic E-state index is 12.3. The number of anilines is 3. The summed E-state index contributed by atoms with van der Waals surface area (Å²) in [6.07, 6.45) is -1.90. The van der Waals surface area contributed by atoms with Crippen molar-refractivity contribution in [3.63, 3.8) is 0 Å². The molecule has 4 nitrogen and oxygen atoms in total. The summed E-state index contributed by atoms with van der Waals surface area (Å²) >= 11 is 3.22. The summed E-state index contributed by atoms with van der Waals surface area (Å²) in [6, 6.07) is 5.68. The minimum Gasteiger partial charge on any atom is -0.404 e. The zero-order valence-corrected chi connectivity index (χ0v) is 11.5. The Labute approximate surface area is 120 Å². The van der Waals surface area contributed by atoms with Gasteiger partial charge in [0.2, 0.25) is 0 Å². The van der Waals surface area contributed by atoms with Crippen LogP contribution in [-0.4, -0.2) is 11.3 Å². The molecular weight excluding hydrogens is 339 g/mol. The Hall–Kier alpha value is -1.96. The van der Waals surface area contributed by atoms with E-state index in [1.54, 1.807) is 6.07 Å². The third-order valence-corrected chi connectivity index (χ3v) is 2.90. The lowest BCUT2D eigenvalue weighted by molar-refractivity contribution is -0.274. The maximum atomic E-state index is 12.3. The van der Waals surface area contributed by atoms with Crippen LogP contribution in [0, 0.1) is 0 Å². The first kappa shape index (κ1) is 14.4. The Morgan fingerprint density at radius 1 is 1.20 bits per heavy atom. The molecule has 0 radical (unpaired) electrons. The van der Waals surface area contributed by atoms with Gasteiger partial charge in [-0.2, -0.15) is 0 Å². The molecule has 0 atom stereocenters. The molecule has 0 aliphatic rings. The maximum Gasteiger partial charge on any atom is 0.573 e. The largest absolute Gasteiger partial charge is 0.573 e. The molecule has 3 N–H and O–H groups in total. The van der Waals surface area contributed by atoms with Gasteiger partial charge in [0.15, 0.2) is 5.75 Å². The Morgan fingerprint density at radius 3 is 2.55 bits per heavy atom. The van der Waals surface area contributed by atoms with E-state index >= 15 is 0 Å². The van der Waals surface area contributed by atoms with Gasteiger partial charge in [-0.05, 0) is 28.1 Å². The highest BCUT2D eigenvalue weighted by Crippen LogP contribution is 2.36. The molecule has 1 aromatic carbocycles. The number of ether oxygens (including phenoxy) is 1. The summed E-state index contributed by atoms with van der Waals surface area (Å²) in [5, 5.41) is 2.79. The molecule has 0 saturated carbocycles. The van der Waals surface area contributed by atoms with E-state index in [9.17, 15) is 13.2 Å². The molecule has 2 rings (SSSR count). The summed E-state index contributed by atoms with van der Waals surface area (Å²) in [7, 11) is 0. The van der Waals surface area contributed by atoms with Crippen molar-refractivity contribution in [2.45, 2.75) is 6.36 Å². The van der Waals surface area contributed by atoms with Crippen LogP contribution in [0.2, 0.25) is 0 Å². The van der Waals surface area contributed by atoms with Crippen LogP contribution >= 0.6 is 15.9 Å². The van der Waals surface area contributed by atoms with Crippen LogP contribution in [0.4, 0.5) is 30.2 Å². The van der Waals surface area contributed by atoms with Gasteiger partial charge in [-0.25, -0.2) is 0 Å². The van der Waals surface area contributed by atoms with Crippen LogP contribution in [0.3, 0.4) is 0 Å². The van der Waals surface area contributed by atoms with Gasteiger partial charge in [0.05, 0.1) is 27.7 Å². The molecule has 0 spiro atoms. The second-order valence-corrected chi connectivity index (χ2v) is 4.61. The van der Waals surface area contributed by atoms with Crippen molar-refractivity contribution < 1.29 is 17.9 Å². The van der Waals surface area contributed by atoms with Crippen LogP contribution in [0.5, 0.6) is 5.75 Å². The molecule has 2 aromatic rings. The van der Waals surface area contributed by atoms with E-state index in [1.807, 2.05) is 0 Å². The average molecular weight is 348 g/mol. The number of alkyl halides is 3. The van der Waals surface area contributed by atoms with E-state index in [1.165, 1.54) is 30.6 Å². The van der Waals surface area contributed by atoms with Crippen LogP contribution in [0.1, 0.15) is 0 Å². The molecule has 0 saturated heterocycles. The van der Waals surface area contributed by atoms with Crippen LogP contribution in [0.15, 0.2) is 41.1 Å². The van der Waals surface area contributed by atoms with Crippen molar-refractivity contribution in [3.05, 3.63) is 41.1 Å². The Kier molecular flexibility index (Phi) is 4.03. The molecule has 106 valence electrons. The van der Waals surface area contributed by atoms with Crippen molar-refractivity contribution in [2.75, 3.05) is 11.1 Å². The number of aromatic nitrogens is 1. The number of nitrogens with two attached hydrogens (primary N) is 1. The lowest BCUT2D eigenvalue weighted by Crippen LogP contribution is -2.18. The first-order valence-electron chi connectivity index (χ1n) is 5.37. The Balaban J connectivity index is 2.35. The predicted molar refractivity (Wildman–Crippen MR) is 72.8 cm³/mol. The topological polar surface area (TPSA) is 60.2 Å². The van der Waals surface area contributed by atoms with Crippen molar-refractivity contribution in [1.29, 1.82) is 0 Å². The number of nitrogen functional groups attached to an aromatic ring is 1. The third-order valence-electron chi connectivity index (χ3n) is 2.30. The first-order valence-corrected chi connectivity index (χ1v) is 6.17. The lowest BCUT2D eigenvalue weighted by atomic mass is 10.2. The van der Waals surface area contributed by atoms with Gasteiger partial charge in [0.25, 0.3) is 0 Å². The molecule has 0 unspecified atom stereocenters. The quantitative estimate of drug-likeness (QED) is 0.878. The van der Waals surface area contributed by atoms with Crippen LogP contribution < -0.4 is 15.8 Å². The number of benzene rings is 1. The third kappa shape index (κ3) is 3.53. The molecule has 0 fully saturated rings. The standard InChI is InChI=1S/C12H9BrF3N3O/c13-7-5-18-6-8(17)11(7)19-9-3-1-2-4-10(9)20-12(14,15)16/h1-6H,17H2,(H,18,19). The van der Waals surface area contributed by atoms with Gasteiger partial charge >= 0.3 is 6.36 Å². The number of nitrogens with one attached hydrogen (secondary N) is 1. The zero-order valence-electron chi connectivity index (χ0n) is 9.91. The number of para-hydroxylation sites is 2. The van der Waals surface area contributed by atoms with Gasteiger partial charge in [-0.1, -0.05) is 12.1 Å². The van der Waals surface area contributed by atoms with E-state index in [2.05, 4.69) is 31.0 Å². The summed E-state index contributed by atoms with van der Waals surface area (Å²) in [5.74, 6) is -0.344. The number of hydrogen-bond donors (Lipinski definition) is 2. The van der Waals surface area contributed by atoms with Gasteiger partial charge in [-0.3, -0.25) is 4.98 Å². The Bertz CT molecular complexity index is 599. The monoisotopic (exact) mass is 347 g/mol. The van der Waals surface area contributed by atoms with Gasteiger partial charge in [0.1, 0.15) is 0 Å². The van der Waals surface area contributed by atoms with Gasteiger partial charge in [-0.15, -0.1) is 13.2 Å². The first-order chi connectivity index (χ1) is 9.37. The zero-order chi connectivity index (χ0) is 14.8. The normalized spacial score (nSPS) is 11.2. The molecule has 1 aromatic heterocycles. The summed E-state index contributed by atoms with van der Waals surface area (Å²) in [4.78, 5) is 3.84. The molecule has 1 heterocycles. The molecule has 8 heteroatoms. The van der Waals surface area contributed by atoms with E-state index in [4.69, 9.17) is 5.73 Å². The Morgan fingerprint density at radius 2 is 1.90 bits per heavy atom. The van der Waals surface area contributed by atoms with Crippen molar-refractivity contribution in [1.82, 2.24) is 4.98 Å². The highest BCUT2D eigenvalue weighted by atomic mass is 79.9. The molecular formula is C12H9BrF3N3O. The SMILES string of the molecule is Nc1cncc(Br)c1Nc1ccccc1OC(F)(F)F. The molecule has 0 aliphatic carbocycles. The smallest absolute Gasteiger partial charge is 0.404 e. The fourth-order valence-electron chi connectivity index (χ4n) is 1.50. The average Bonchev–Trinajstić information content (AvgIpc) is 2.34. The number of pyridine rings is 1. The van der Waals surface area contributed by atoms with Crippen LogP contribution in [0.25, 0.3) is 0 Å². The molecule has 20 heavy (non-hydrogen) atoms. The highest BCUT2D eigenvalue weighted by molar-refractivity contribution is 9.10. The lowest BCUT2D eigenvalue weighted by Gasteiger charge is -2.16. The number of hydrogen-bond acceptors (Lipinski definition) is 4. The van der Waals surface area contributed by atoms with E-state index in [0.717, 1.165) is 0 Å². The summed E-state index contributed by atoms with van der Waals surface area (Å²) in [5.41, 5.74) is 6.58. The van der Waals surface area contributed by atoms with E-state index in [0.29, 0.717) is 15.8 Å². The fourth-order valence-corrected chi connectivity index (χ4v) is 1.95. The second kappa shape index (κ2) is 5.58. The minimum absolute atomic E-state index is 0.142. The molecule has 0 aliphatic heterocycles. The van der Waals surface area contributed by atoms with Gasteiger partial charge in [0, 0.05) is 6.20 Å². The van der Waals surface area contributed by atoms with E-state index < -0.39 is 6.36 Å². The fraction of sp³-hybridized carbons (Fsp3) is 0.0833. The molecule has 0 bridgehead atoms. The number of halogens is 4. The number of nitrogens with zero attached hydrogens (tertiary/aromatic N) is 1. The van der Waals surface area contributed by atoms with Gasteiger partial charge < -0.3 is 15.8 Å². The van der Waals surface area contributed by atoms with Crippen molar-refractivity contribution >= 4 is 33.0 Å². The summed E-state index contributed by atoms with van der Waals surface area (Å²) < 4.78 is 41.5.